The van der Waals surface area contributed by atoms with Crippen molar-refractivity contribution in [2.45, 2.75) is 50.2 Å². The molecule has 0 fully saturated rings. The van der Waals surface area contributed by atoms with Gasteiger partial charge in [-0.05, 0) is 49.4 Å². The van der Waals surface area contributed by atoms with Gasteiger partial charge in [0.05, 0.1) is 6.04 Å². The van der Waals surface area contributed by atoms with E-state index in [1.54, 1.807) is 6.20 Å². The summed E-state index contributed by atoms with van der Waals surface area (Å²) in [6.07, 6.45) is 3.64. The number of aliphatic carboxylic acids is 1. The molecule has 0 spiro atoms. The number of rotatable bonds is 15. The highest BCUT2D eigenvalue weighted by Gasteiger charge is 2.29. The first-order valence-electron chi connectivity index (χ1n) is 12.9. The number of carbonyl (C=O) groups is 4. The third kappa shape index (κ3) is 8.94. The third-order valence-corrected chi connectivity index (χ3v) is 6.36. The standard InChI is InChI=1S/C28H36N6O5/c29-13-7-6-12-23(27(38)32-17-25(35)36)33-28(39)24(15-19-16-31-22-11-5-4-10-20(19)22)34-26(37)21(30)14-18-8-2-1-3-9-18/h1-5,8-11,16,21,23-24,31H,6-7,12-15,17,29-30H2,(H,32,38)(H,33,39)(H,34,37)(H,35,36). The largest absolute Gasteiger partial charge is 0.480 e. The number of nitrogens with two attached hydrogens (primary N) is 2. The van der Waals surface area contributed by atoms with Gasteiger partial charge in [-0.2, -0.15) is 0 Å². The topological polar surface area (TPSA) is 192 Å². The van der Waals surface area contributed by atoms with Gasteiger partial charge in [0.15, 0.2) is 0 Å². The zero-order chi connectivity index (χ0) is 28.2. The fourth-order valence-electron chi connectivity index (χ4n) is 4.29. The first-order chi connectivity index (χ1) is 18.8. The van der Waals surface area contributed by atoms with Gasteiger partial charge in [0.1, 0.15) is 18.6 Å². The monoisotopic (exact) mass is 536 g/mol. The number of carbonyl (C=O) groups excluding carboxylic acids is 3. The second-order valence-electron chi connectivity index (χ2n) is 9.38. The van der Waals surface area contributed by atoms with Gasteiger partial charge >= 0.3 is 5.97 Å². The van der Waals surface area contributed by atoms with Crippen LogP contribution in [0, 0.1) is 0 Å². The minimum atomic E-state index is -1.20. The molecule has 3 unspecified atom stereocenters. The highest BCUT2D eigenvalue weighted by atomic mass is 16.4. The molecule has 1 aromatic heterocycles. The minimum Gasteiger partial charge on any atom is -0.480 e. The number of carboxylic acids is 1. The molecule has 0 saturated carbocycles. The summed E-state index contributed by atoms with van der Waals surface area (Å²) in [6.45, 7) is -0.165. The normalized spacial score (nSPS) is 13.3. The molecule has 0 radical (unpaired) electrons. The van der Waals surface area contributed by atoms with E-state index >= 15 is 0 Å². The number of benzene rings is 2. The van der Waals surface area contributed by atoms with Crippen molar-refractivity contribution in [1.82, 2.24) is 20.9 Å². The molecule has 208 valence electrons. The van der Waals surface area contributed by atoms with Gasteiger partial charge in [-0.25, -0.2) is 0 Å². The lowest BCUT2D eigenvalue weighted by Gasteiger charge is -2.24. The number of amides is 3. The van der Waals surface area contributed by atoms with Crippen molar-refractivity contribution >= 4 is 34.6 Å². The Hall–Kier alpha value is -4.22. The molecule has 3 amide bonds. The van der Waals surface area contributed by atoms with Crippen LogP contribution in [0.5, 0.6) is 0 Å². The zero-order valence-electron chi connectivity index (χ0n) is 21.7. The number of aromatic nitrogens is 1. The lowest BCUT2D eigenvalue weighted by atomic mass is 10.0. The second-order valence-corrected chi connectivity index (χ2v) is 9.38. The maximum absolute atomic E-state index is 13.5. The van der Waals surface area contributed by atoms with E-state index in [4.69, 9.17) is 16.6 Å². The molecule has 1 heterocycles. The average Bonchev–Trinajstić information content (AvgIpc) is 3.34. The summed E-state index contributed by atoms with van der Waals surface area (Å²) in [7, 11) is 0. The Labute approximate surface area is 226 Å². The van der Waals surface area contributed by atoms with Crippen LogP contribution in [0.3, 0.4) is 0 Å². The van der Waals surface area contributed by atoms with Crippen LogP contribution >= 0.6 is 0 Å². The number of H-pyrrole nitrogens is 1. The Morgan fingerprint density at radius 1 is 0.846 bits per heavy atom. The molecule has 0 aliphatic rings. The molecule has 3 rings (SSSR count). The van der Waals surface area contributed by atoms with Crippen molar-refractivity contribution < 1.29 is 24.3 Å². The number of nitrogens with one attached hydrogen (secondary N) is 4. The van der Waals surface area contributed by atoms with Crippen LogP contribution in [0.15, 0.2) is 60.8 Å². The van der Waals surface area contributed by atoms with Gasteiger partial charge in [0.2, 0.25) is 17.7 Å². The van der Waals surface area contributed by atoms with E-state index in [0.29, 0.717) is 19.4 Å². The molecular formula is C28H36N6O5. The molecule has 2 aromatic carbocycles. The van der Waals surface area contributed by atoms with Gasteiger partial charge in [-0.15, -0.1) is 0 Å². The molecule has 3 atom stereocenters. The van der Waals surface area contributed by atoms with Crippen molar-refractivity contribution in [3.8, 4) is 0 Å². The number of fused-ring (bicyclic) bond motifs is 1. The number of carboxylic acid groups (broad SMARTS) is 1. The Kier molecular flexibility index (Phi) is 11.0. The quantitative estimate of drug-likeness (QED) is 0.138. The number of hydrogen-bond acceptors (Lipinski definition) is 6. The Bertz CT molecular complexity index is 1260. The van der Waals surface area contributed by atoms with Gasteiger partial charge in [0, 0.05) is 23.5 Å². The van der Waals surface area contributed by atoms with E-state index in [9.17, 15) is 19.2 Å². The van der Waals surface area contributed by atoms with Crippen LogP contribution in [0.1, 0.15) is 30.4 Å². The van der Waals surface area contributed by atoms with Crippen molar-refractivity contribution in [3.05, 3.63) is 71.9 Å². The van der Waals surface area contributed by atoms with Crippen LogP contribution in [0.2, 0.25) is 0 Å². The summed E-state index contributed by atoms with van der Waals surface area (Å²) in [6, 6.07) is 14.0. The molecule has 3 aromatic rings. The lowest BCUT2D eigenvalue weighted by Crippen LogP contribution is -2.56. The summed E-state index contributed by atoms with van der Waals surface area (Å²) in [4.78, 5) is 53.4. The molecule has 0 saturated heterocycles. The Morgan fingerprint density at radius 3 is 2.26 bits per heavy atom. The molecule has 9 N–H and O–H groups in total. The minimum absolute atomic E-state index is 0.145. The van der Waals surface area contributed by atoms with Crippen molar-refractivity contribution in [2.75, 3.05) is 13.1 Å². The van der Waals surface area contributed by atoms with E-state index in [1.165, 1.54) is 0 Å². The summed E-state index contributed by atoms with van der Waals surface area (Å²) in [5.41, 5.74) is 14.3. The molecule has 0 bridgehead atoms. The Morgan fingerprint density at radius 2 is 1.54 bits per heavy atom. The van der Waals surface area contributed by atoms with Crippen LogP contribution in [0.25, 0.3) is 10.9 Å². The number of aromatic amines is 1. The van der Waals surface area contributed by atoms with Crippen molar-refractivity contribution in [2.24, 2.45) is 11.5 Å². The van der Waals surface area contributed by atoms with Crippen LogP contribution in [-0.2, 0) is 32.0 Å². The summed E-state index contributed by atoms with van der Waals surface area (Å²) >= 11 is 0. The summed E-state index contributed by atoms with van der Waals surface area (Å²) in [5, 5.41) is 17.6. The molecule has 0 aliphatic heterocycles. The molecular weight excluding hydrogens is 500 g/mol. The highest BCUT2D eigenvalue weighted by Crippen LogP contribution is 2.19. The number of hydrogen-bond donors (Lipinski definition) is 7. The summed E-state index contributed by atoms with van der Waals surface area (Å²) in [5.74, 6) is -2.91. The fourth-order valence-corrected chi connectivity index (χ4v) is 4.29. The fraction of sp³-hybridized carbons (Fsp3) is 0.357. The number of para-hydroxylation sites is 1. The maximum Gasteiger partial charge on any atom is 0.322 e. The van der Waals surface area contributed by atoms with Gasteiger partial charge in [-0.1, -0.05) is 48.5 Å². The second kappa shape index (κ2) is 14.6. The Balaban J connectivity index is 1.79. The third-order valence-electron chi connectivity index (χ3n) is 6.36. The van der Waals surface area contributed by atoms with Crippen LogP contribution in [0.4, 0.5) is 0 Å². The first kappa shape index (κ1) is 29.3. The van der Waals surface area contributed by atoms with E-state index in [2.05, 4.69) is 20.9 Å². The van der Waals surface area contributed by atoms with Gasteiger partial charge in [-0.3, -0.25) is 19.2 Å². The predicted molar refractivity (Wildman–Crippen MR) is 148 cm³/mol. The number of unbranched alkanes of at least 4 members (excludes halogenated alkanes) is 1. The summed E-state index contributed by atoms with van der Waals surface area (Å²) < 4.78 is 0. The molecule has 11 heteroatoms. The first-order valence-corrected chi connectivity index (χ1v) is 12.9. The van der Waals surface area contributed by atoms with Gasteiger partial charge in [0.25, 0.3) is 0 Å². The van der Waals surface area contributed by atoms with E-state index in [1.807, 2.05) is 54.6 Å². The van der Waals surface area contributed by atoms with E-state index in [0.717, 1.165) is 22.0 Å². The molecule has 11 nitrogen and oxygen atoms in total. The molecule has 0 aliphatic carbocycles. The SMILES string of the molecule is NCCCCC(NC(=O)C(Cc1c[nH]c2ccccc12)NC(=O)C(N)Cc1ccccc1)C(=O)NCC(=O)O. The van der Waals surface area contributed by atoms with E-state index < -0.39 is 48.4 Å². The molecule has 39 heavy (non-hydrogen) atoms. The van der Waals surface area contributed by atoms with Crippen LogP contribution < -0.4 is 27.4 Å². The maximum atomic E-state index is 13.5. The van der Waals surface area contributed by atoms with Crippen LogP contribution in [-0.4, -0.2) is 65.0 Å². The van der Waals surface area contributed by atoms with E-state index in [-0.39, 0.29) is 19.3 Å². The predicted octanol–water partition coefficient (Wildman–Crippen LogP) is 0.580. The zero-order valence-corrected chi connectivity index (χ0v) is 21.7. The lowest BCUT2D eigenvalue weighted by molar-refractivity contribution is -0.138. The average molecular weight is 537 g/mol. The van der Waals surface area contributed by atoms with Crippen molar-refractivity contribution in [3.63, 3.8) is 0 Å². The highest BCUT2D eigenvalue weighted by molar-refractivity contribution is 5.94. The smallest absolute Gasteiger partial charge is 0.322 e. The van der Waals surface area contributed by atoms with Crippen molar-refractivity contribution in [1.29, 1.82) is 0 Å². The van der Waals surface area contributed by atoms with Gasteiger partial charge < -0.3 is 37.5 Å².